The lowest BCUT2D eigenvalue weighted by Gasteiger charge is -2.25. The average molecular weight is 176 g/mol. The van der Waals surface area contributed by atoms with Crippen molar-refractivity contribution in [2.45, 2.75) is 25.6 Å². The van der Waals surface area contributed by atoms with Crippen molar-refractivity contribution in [1.29, 1.82) is 0 Å². The van der Waals surface area contributed by atoms with Crippen LogP contribution >= 0.6 is 0 Å². The van der Waals surface area contributed by atoms with E-state index >= 15 is 0 Å². The molecule has 0 heterocycles. The van der Waals surface area contributed by atoms with Gasteiger partial charge in [0.25, 0.3) is 0 Å². The summed E-state index contributed by atoms with van der Waals surface area (Å²) in [5.74, 6) is -0.941. The van der Waals surface area contributed by atoms with Gasteiger partial charge in [-0.15, -0.1) is 0 Å². The minimum absolute atomic E-state index is 0.254. The van der Waals surface area contributed by atoms with Gasteiger partial charge in [0, 0.05) is 20.6 Å². The Balaban J connectivity index is 3.80. The van der Waals surface area contributed by atoms with E-state index in [1.165, 1.54) is 7.11 Å². The van der Waals surface area contributed by atoms with Gasteiger partial charge in [-0.25, -0.2) is 0 Å². The molecule has 0 amide bonds. The molecule has 72 valence electrons. The van der Waals surface area contributed by atoms with E-state index in [2.05, 4.69) is 4.74 Å². The van der Waals surface area contributed by atoms with Crippen LogP contribution in [0.4, 0.5) is 0 Å². The van der Waals surface area contributed by atoms with Crippen molar-refractivity contribution in [2.24, 2.45) is 0 Å². The summed E-state index contributed by atoms with van der Waals surface area (Å²) in [5, 5.41) is 0. The van der Waals surface area contributed by atoms with E-state index in [1.54, 1.807) is 21.1 Å². The Morgan fingerprint density at radius 2 is 1.75 bits per heavy atom. The molecule has 0 aliphatic carbocycles. The molecule has 0 bridgehead atoms. The molecule has 0 fully saturated rings. The third-order valence-electron chi connectivity index (χ3n) is 1.87. The molecule has 0 aromatic heterocycles. The summed E-state index contributed by atoms with van der Waals surface area (Å²) < 4.78 is 14.6. The Kier molecular flexibility index (Phi) is 4.85. The van der Waals surface area contributed by atoms with Gasteiger partial charge in [-0.2, -0.15) is 0 Å². The Morgan fingerprint density at radius 3 is 2.08 bits per heavy atom. The van der Waals surface area contributed by atoms with Crippen molar-refractivity contribution < 1.29 is 19.0 Å². The largest absolute Gasteiger partial charge is 0.469 e. The van der Waals surface area contributed by atoms with Crippen molar-refractivity contribution in [3.05, 3.63) is 0 Å². The molecule has 0 atom stereocenters. The van der Waals surface area contributed by atoms with Gasteiger partial charge in [-0.3, -0.25) is 4.79 Å². The fraction of sp³-hybridized carbons (Fsp3) is 0.875. The van der Waals surface area contributed by atoms with Gasteiger partial charge >= 0.3 is 5.97 Å². The maximum atomic E-state index is 10.8. The van der Waals surface area contributed by atoms with Gasteiger partial charge in [-0.05, 0) is 6.92 Å². The van der Waals surface area contributed by atoms with Crippen LogP contribution in [0.1, 0.15) is 19.8 Å². The number of carbonyl (C=O) groups excluding carboxylic acids is 1. The number of hydrogen-bond acceptors (Lipinski definition) is 4. The zero-order chi connectivity index (χ0) is 9.61. The SMILES string of the molecule is COC(=O)CCC(C)(OC)OC. The molecule has 0 aromatic rings. The van der Waals surface area contributed by atoms with Gasteiger partial charge in [0.2, 0.25) is 0 Å². The topological polar surface area (TPSA) is 44.8 Å². The van der Waals surface area contributed by atoms with Gasteiger partial charge in [0.1, 0.15) is 0 Å². The summed E-state index contributed by atoms with van der Waals surface area (Å²) in [6.45, 7) is 1.77. The van der Waals surface area contributed by atoms with E-state index in [4.69, 9.17) is 9.47 Å². The van der Waals surface area contributed by atoms with Crippen molar-refractivity contribution in [3.63, 3.8) is 0 Å². The molecule has 0 aliphatic heterocycles. The van der Waals surface area contributed by atoms with E-state index in [0.29, 0.717) is 12.8 Å². The Labute approximate surface area is 72.8 Å². The number of esters is 1. The molecule has 0 N–H and O–H groups in total. The minimum atomic E-state index is -0.686. The lowest BCUT2D eigenvalue weighted by atomic mass is 10.1. The fourth-order valence-corrected chi connectivity index (χ4v) is 0.719. The van der Waals surface area contributed by atoms with E-state index in [-0.39, 0.29) is 5.97 Å². The van der Waals surface area contributed by atoms with Gasteiger partial charge in [-0.1, -0.05) is 0 Å². The average Bonchev–Trinajstić information content (AvgIpc) is 2.13. The minimum Gasteiger partial charge on any atom is -0.469 e. The first-order chi connectivity index (χ1) is 5.58. The Hall–Kier alpha value is -0.610. The number of hydrogen-bond donors (Lipinski definition) is 0. The number of methoxy groups -OCH3 is 3. The predicted molar refractivity (Wildman–Crippen MR) is 43.7 cm³/mol. The first kappa shape index (κ1) is 11.4. The van der Waals surface area contributed by atoms with Crippen LogP contribution < -0.4 is 0 Å². The number of rotatable bonds is 5. The molecular formula is C8H16O4. The van der Waals surface area contributed by atoms with Crippen LogP contribution in [0.15, 0.2) is 0 Å². The van der Waals surface area contributed by atoms with Crippen molar-refractivity contribution >= 4 is 5.97 Å². The predicted octanol–water partition coefficient (Wildman–Crippen LogP) is 0.949. The number of ether oxygens (including phenoxy) is 3. The quantitative estimate of drug-likeness (QED) is 0.462. The molecule has 0 saturated carbocycles. The second-order valence-corrected chi connectivity index (χ2v) is 2.62. The molecule has 0 unspecified atom stereocenters. The van der Waals surface area contributed by atoms with Crippen molar-refractivity contribution in [1.82, 2.24) is 0 Å². The molecule has 4 heteroatoms. The van der Waals surface area contributed by atoms with Crippen LogP contribution in [0, 0.1) is 0 Å². The van der Waals surface area contributed by atoms with E-state index in [1.807, 2.05) is 0 Å². The summed E-state index contributed by atoms with van der Waals surface area (Å²) in [6.07, 6.45) is 0.793. The van der Waals surface area contributed by atoms with E-state index < -0.39 is 5.79 Å². The van der Waals surface area contributed by atoms with Gasteiger partial charge < -0.3 is 14.2 Å². The van der Waals surface area contributed by atoms with Crippen LogP contribution in [0.5, 0.6) is 0 Å². The van der Waals surface area contributed by atoms with E-state index in [9.17, 15) is 4.79 Å². The molecule has 0 spiro atoms. The molecular weight excluding hydrogens is 160 g/mol. The van der Waals surface area contributed by atoms with Crippen LogP contribution in [-0.4, -0.2) is 33.1 Å². The molecule has 0 radical (unpaired) electrons. The highest BCUT2D eigenvalue weighted by Gasteiger charge is 2.23. The van der Waals surface area contributed by atoms with Crippen LogP contribution in [0.3, 0.4) is 0 Å². The summed E-state index contributed by atoms with van der Waals surface area (Å²) in [6, 6.07) is 0. The molecule has 0 aromatic carbocycles. The van der Waals surface area contributed by atoms with Crippen LogP contribution in [-0.2, 0) is 19.0 Å². The highest BCUT2D eigenvalue weighted by molar-refractivity contribution is 5.69. The summed E-state index contributed by atoms with van der Waals surface area (Å²) in [5.41, 5.74) is 0. The lowest BCUT2D eigenvalue weighted by Crippen LogP contribution is -2.30. The Bertz CT molecular complexity index is 140. The maximum Gasteiger partial charge on any atom is 0.305 e. The summed E-state index contributed by atoms with van der Waals surface area (Å²) in [7, 11) is 4.45. The second-order valence-electron chi connectivity index (χ2n) is 2.62. The van der Waals surface area contributed by atoms with Gasteiger partial charge in [0.15, 0.2) is 5.79 Å². The van der Waals surface area contributed by atoms with Crippen molar-refractivity contribution in [2.75, 3.05) is 21.3 Å². The standard InChI is InChI=1S/C8H16O4/c1-8(11-3,12-4)6-5-7(9)10-2/h5-6H2,1-4H3. The van der Waals surface area contributed by atoms with Crippen molar-refractivity contribution in [3.8, 4) is 0 Å². The van der Waals surface area contributed by atoms with Gasteiger partial charge in [0.05, 0.1) is 13.5 Å². The first-order valence-corrected chi connectivity index (χ1v) is 3.75. The summed E-state index contributed by atoms with van der Waals surface area (Å²) in [4.78, 5) is 10.8. The molecule has 12 heavy (non-hydrogen) atoms. The first-order valence-electron chi connectivity index (χ1n) is 3.75. The van der Waals surface area contributed by atoms with Crippen LogP contribution in [0.25, 0.3) is 0 Å². The highest BCUT2D eigenvalue weighted by Crippen LogP contribution is 2.17. The molecule has 0 saturated heterocycles. The molecule has 0 aliphatic rings. The molecule has 0 rings (SSSR count). The maximum absolute atomic E-state index is 10.8. The monoisotopic (exact) mass is 176 g/mol. The van der Waals surface area contributed by atoms with Crippen LogP contribution in [0.2, 0.25) is 0 Å². The number of carbonyl (C=O) groups is 1. The van der Waals surface area contributed by atoms with E-state index in [0.717, 1.165) is 0 Å². The third kappa shape index (κ3) is 3.69. The smallest absolute Gasteiger partial charge is 0.305 e. The normalized spacial score (nSPS) is 11.3. The summed E-state index contributed by atoms with van der Waals surface area (Å²) >= 11 is 0. The zero-order valence-electron chi connectivity index (χ0n) is 8.05. The lowest BCUT2D eigenvalue weighted by molar-refractivity contribution is -0.199. The third-order valence-corrected chi connectivity index (χ3v) is 1.87. The Morgan fingerprint density at radius 1 is 1.25 bits per heavy atom. The highest BCUT2D eigenvalue weighted by atomic mass is 16.7. The fourth-order valence-electron chi connectivity index (χ4n) is 0.719. The molecule has 4 nitrogen and oxygen atoms in total. The zero-order valence-corrected chi connectivity index (χ0v) is 8.05. The second kappa shape index (κ2) is 5.11.